The van der Waals surface area contributed by atoms with Crippen LogP contribution >= 0.6 is 15.9 Å². The van der Waals surface area contributed by atoms with Crippen LogP contribution in [0.15, 0.2) is 0 Å². The third-order valence-corrected chi connectivity index (χ3v) is 3.49. The van der Waals surface area contributed by atoms with Gasteiger partial charge in [-0.1, -0.05) is 28.8 Å². The number of halogens is 1. The fourth-order valence-electron chi connectivity index (χ4n) is 1.68. The number of hydrogen-bond acceptors (Lipinski definition) is 2. The number of methoxy groups -OCH3 is 1. The standard InChI is InChI=1S/C10H19BrO2/c1-12-7-4-8-13-10-6-3-2-5-9(10)11/h9-10H,2-8H2,1H3. The Morgan fingerprint density at radius 2 is 2.00 bits per heavy atom. The minimum Gasteiger partial charge on any atom is -0.385 e. The van der Waals surface area contributed by atoms with E-state index in [1.165, 1.54) is 25.7 Å². The van der Waals surface area contributed by atoms with Gasteiger partial charge in [0.2, 0.25) is 0 Å². The van der Waals surface area contributed by atoms with Gasteiger partial charge >= 0.3 is 0 Å². The molecule has 13 heavy (non-hydrogen) atoms. The quantitative estimate of drug-likeness (QED) is 0.552. The van der Waals surface area contributed by atoms with Crippen LogP contribution in [0.2, 0.25) is 0 Å². The number of hydrogen-bond donors (Lipinski definition) is 0. The first-order chi connectivity index (χ1) is 6.34. The lowest BCUT2D eigenvalue weighted by Gasteiger charge is -2.27. The van der Waals surface area contributed by atoms with Gasteiger partial charge in [0.15, 0.2) is 0 Å². The van der Waals surface area contributed by atoms with Gasteiger partial charge in [-0.15, -0.1) is 0 Å². The first-order valence-electron chi connectivity index (χ1n) is 5.09. The predicted molar refractivity (Wildman–Crippen MR) is 57.4 cm³/mol. The van der Waals surface area contributed by atoms with Gasteiger partial charge in [-0.2, -0.15) is 0 Å². The van der Waals surface area contributed by atoms with E-state index in [4.69, 9.17) is 9.47 Å². The van der Waals surface area contributed by atoms with Crippen molar-refractivity contribution in [2.24, 2.45) is 0 Å². The van der Waals surface area contributed by atoms with Crippen LogP contribution in [0, 0.1) is 0 Å². The van der Waals surface area contributed by atoms with Gasteiger partial charge in [0, 0.05) is 25.2 Å². The molecule has 1 aliphatic carbocycles. The summed E-state index contributed by atoms with van der Waals surface area (Å²) in [5.74, 6) is 0. The Bertz CT molecular complexity index is 130. The van der Waals surface area contributed by atoms with E-state index in [1.807, 2.05) is 0 Å². The lowest BCUT2D eigenvalue weighted by molar-refractivity contribution is 0.0235. The minimum absolute atomic E-state index is 0.436. The van der Waals surface area contributed by atoms with Gasteiger partial charge in [-0.25, -0.2) is 0 Å². The molecule has 1 fully saturated rings. The highest BCUT2D eigenvalue weighted by Gasteiger charge is 2.22. The molecule has 0 N–H and O–H groups in total. The van der Waals surface area contributed by atoms with Crippen molar-refractivity contribution in [3.8, 4) is 0 Å². The number of alkyl halides is 1. The Hall–Kier alpha value is 0.400. The van der Waals surface area contributed by atoms with Crippen LogP contribution in [0.1, 0.15) is 32.1 Å². The molecule has 0 aliphatic heterocycles. The van der Waals surface area contributed by atoms with E-state index < -0.39 is 0 Å². The highest BCUT2D eigenvalue weighted by atomic mass is 79.9. The van der Waals surface area contributed by atoms with Crippen molar-refractivity contribution in [3.05, 3.63) is 0 Å². The van der Waals surface area contributed by atoms with Gasteiger partial charge < -0.3 is 9.47 Å². The smallest absolute Gasteiger partial charge is 0.0700 e. The summed E-state index contributed by atoms with van der Waals surface area (Å²) in [7, 11) is 1.73. The molecular weight excluding hydrogens is 232 g/mol. The monoisotopic (exact) mass is 250 g/mol. The Morgan fingerprint density at radius 3 is 2.69 bits per heavy atom. The van der Waals surface area contributed by atoms with E-state index >= 15 is 0 Å². The summed E-state index contributed by atoms with van der Waals surface area (Å²) in [5.41, 5.74) is 0. The van der Waals surface area contributed by atoms with Gasteiger partial charge in [-0.05, 0) is 19.3 Å². The van der Waals surface area contributed by atoms with Crippen molar-refractivity contribution >= 4 is 15.9 Å². The fourth-order valence-corrected chi connectivity index (χ4v) is 2.42. The Morgan fingerprint density at radius 1 is 1.23 bits per heavy atom. The molecule has 0 spiro atoms. The zero-order valence-corrected chi connectivity index (χ0v) is 9.88. The molecule has 0 amide bonds. The fraction of sp³-hybridized carbons (Fsp3) is 1.00. The number of rotatable bonds is 5. The largest absolute Gasteiger partial charge is 0.385 e. The average Bonchev–Trinajstić information content (AvgIpc) is 2.15. The molecule has 78 valence electrons. The Labute approximate surface area is 89.1 Å². The SMILES string of the molecule is COCCCOC1CCCCC1Br. The predicted octanol–water partition coefficient (Wildman–Crippen LogP) is 2.75. The lowest BCUT2D eigenvalue weighted by Crippen LogP contribution is -2.28. The molecule has 1 aliphatic rings. The summed E-state index contributed by atoms with van der Waals surface area (Å²) >= 11 is 3.67. The molecule has 1 rings (SSSR count). The molecule has 2 unspecified atom stereocenters. The summed E-state index contributed by atoms with van der Waals surface area (Å²) < 4.78 is 10.7. The highest BCUT2D eigenvalue weighted by Crippen LogP contribution is 2.26. The third-order valence-electron chi connectivity index (χ3n) is 2.45. The molecule has 2 atom stereocenters. The van der Waals surface area contributed by atoms with Crippen LogP contribution in [0.5, 0.6) is 0 Å². The third kappa shape index (κ3) is 4.43. The van der Waals surface area contributed by atoms with Crippen LogP contribution in [-0.2, 0) is 9.47 Å². The second-order valence-corrected chi connectivity index (χ2v) is 4.73. The van der Waals surface area contributed by atoms with Crippen molar-refractivity contribution in [3.63, 3.8) is 0 Å². The highest BCUT2D eigenvalue weighted by molar-refractivity contribution is 9.09. The molecule has 0 bridgehead atoms. The Balaban J connectivity index is 2.05. The zero-order chi connectivity index (χ0) is 9.52. The normalized spacial score (nSPS) is 29.1. The molecule has 0 radical (unpaired) electrons. The lowest BCUT2D eigenvalue weighted by atomic mass is 9.98. The van der Waals surface area contributed by atoms with E-state index in [0.29, 0.717) is 10.9 Å². The molecule has 1 saturated carbocycles. The van der Waals surface area contributed by atoms with E-state index in [0.717, 1.165) is 19.6 Å². The molecule has 2 nitrogen and oxygen atoms in total. The van der Waals surface area contributed by atoms with Gasteiger partial charge in [-0.3, -0.25) is 0 Å². The van der Waals surface area contributed by atoms with E-state index in [9.17, 15) is 0 Å². The molecule has 3 heteroatoms. The van der Waals surface area contributed by atoms with Crippen LogP contribution in [0.3, 0.4) is 0 Å². The summed E-state index contributed by atoms with van der Waals surface area (Å²) in [6.45, 7) is 1.64. The summed E-state index contributed by atoms with van der Waals surface area (Å²) in [6.07, 6.45) is 6.57. The van der Waals surface area contributed by atoms with Crippen LogP contribution in [-0.4, -0.2) is 31.3 Å². The molecule has 0 heterocycles. The molecule has 0 aromatic carbocycles. The second-order valence-electron chi connectivity index (χ2n) is 3.56. The van der Waals surface area contributed by atoms with E-state index in [-0.39, 0.29) is 0 Å². The molecule has 0 aromatic rings. The first kappa shape index (κ1) is 11.5. The topological polar surface area (TPSA) is 18.5 Å². The maximum atomic E-state index is 5.77. The molecular formula is C10H19BrO2. The van der Waals surface area contributed by atoms with Crippen molar-refractivity contribution in [2.45, 2.75) is 43.0 Å². The second kappa shape index (κ2) is 6.80. The van der Waals surface area contributed by atoms with Crippen LogP contribution in [0.25, 0.3) is 0 Å². The summed E-state index contributed by atoms with van der Waals surface area (Å²) in [4.78, 5) is 0.573. The van der Waals surface area contributed by atoms with Crippen LogP contribution < -0.4 is 0 Å². The van der Waals surface area contributed by atoms with Gasteiger partial charge in [0.25, 0.3) is 0 Å². The zero-order valence-electron chi connectivity index (χ0n) is 8.30. The van der Waals surface area contributed by atoms with Gasteiger partial charge in [0.05, 0.1) is 6.10 Å². The van der Waals surface area contributed by atoms with Crippen molar-refractivity contribution in [1.82, 2.24) is 0 Å². The number of ether oxygens (including phenoxy) is 2. The summed E-state index contributed by atoms with van der Waals surface area (Å²) in [5, 5.41) is 0. The molecule has 0 aromatic heterocycles. The maximum absolute atomic E-state index is 5.77. The van der Waals surface area contributed by atoms with Crippen molar-refractivity contribution in [2.75, 3.05) is 20.3 Å². The molecule has 0 saturated heterocycles. The van der Waals surface area contributed by atoms with Crippen molar-refractivity contribution < 1.29 is 9.47 Å². The van der Waals surface area contributed by atoms with E-state index in [2.05, 4.69) is 15.9 Å². The first-order valence-corrected chi connectivity index (χ1v) is 6.01. The van der Waals surface area contributed by atoms with Crippen LogP contribution in [0.4, 0.5) is 0 Å². The minimum atomic E-state index is 0.436. The van der Waals surface area contributed by atoms with E-state index in [1.54, 1.807) is 7.11 Å². The average molecular weight is 251 g/mol. The van der Waals surface area contributed by atoms with Crippen molar-refractivity contribution in [1.29, 1.82) is 0 Å². The van der Waals surface area contributed by atoms with Gasteiger partial charge in [0.1, 0.15) is 0 Å². The Kier molecular flexibility index (Phi) is 6.00. The maximum Gasteiger partial charge on any atom is 0.0700 e. The summed E-state index contributed by atoms with van der Waals surface area (Å²) in [6, 6.07) is 0.